The number of hydrogen-bond acceptors (Lipinski definition) is 3. The number of rotatable bonds is 7. The van der Waals surface area contributed by atoms with E-state index in [-0.39, 0.29) is 5.92 Å². The molecule has 0 fully saturated rings. The SMILES string of the molecule is COCCOCC(C)C(C)(C)C(=O)O. The molecule has 0 spiro atoms. The van der Waals surface area contributed by atoms with Crippen LogP contribution in [0.3, 0.4) is 0 Å². The highest BCUT2D eigenvalue weighted by atomic mass is 16.5. The zero-order valence-corrected chi connectivity index (χ0v) is 9.37. The highest BCUT2D eigenvalue weighted by Crippen LogP contribution is 2.26. The molecule has 84 valence electrons. The highest BCUT2D eigenvalue weighted by molar-refractivity contribution is 5.73. The third-order valence-corrected chi connectivity index (χ3v) is 2.58. The zero-order chi connectivity index (χ0) is 11.2. The second-order valence-electron chi connectivity index (χ2n) is 4.00. The van der Waals surface area contributed by atoms with Gasteiger partial charge in [-0.25, -0.2) is 0 Å². The Kier molecular flexibility index (Phi) is 5.72. The summed E-state index contributed by atoms with van der Waals surface area (Å²) >= 11 is 0. The maximum absolute atomic E-state index is 10.9. The number of ether oxygens (including phenoxy) is 2. The number of hydrogen-bond donors (Lipinski definition) is 1. The molecule has 0 rings (SSSR count). The van der Waals surface area contributed by atoms with Crippen molar-refractivity contribution in [2.45, 2.75) is 20.8 Å². The van der Waals surface area contributed by atoms with Crippen molar-refractivity contribution in [2.75, 3.05) is 26.9 Å². The van der Waals surface area contributed by atoms with Gasteiger partial charge in [0.1, 0.15) is 0 Å². The van der Waals surface area contributed by atoms with Gasteiger partial charge < -0.3 is 14.6 Å². The topological polar surface area (TPSA) is 55.8 Å². The first-order valence-corrected chi connectivity index (χ1v) is 4.73. The van der Waals surface area contributed by atoms with E-state index in [1.54, 1.807) is 21.0 Å². The molecule has 14 heavy (non-hydrogen) atoms. The third kappa shape index (κ3) is 4.07. The summed E-state index contributed by atoms with van der Waals surface area (Å²) in [5, 5.41) is 8.93. The Morgan fingerprint density at radius 2 is 2.00 bits per heavy atom. The summed E-state index contributed by atoms with van der Waals surface area (Å²) in [6, 6.07) is 0. The molecular formula is C10H20O4. The second kappa shape index (κ2) is 5.98. The summed E-state index contributed by atoms with van der Waals surface area (Å²) in [7, 11) is 1.61. The molecule has 0 saturated carbocycles. The summed E-state index contributed by atoms with van der Waals surface area (Å²) < 4.78 is 10.1. The van der Waals surface area contributed by atoms with Crippen LogP contribution in [0, 0.1) is 11.3 Å². The fourth-order valence-corrected chi connectivity index (χ4v) is 0.821. The Morgan fingerprint density at radius 1 is 1.43 bits per heavy atom. The van der Waals surface area contributed by atoms with Crippen molar-refractivity contribution >= 4 is 5.97 Å². The van der Waals surface area contributed by atoms with E-state index in [1.165, 1.54) is 0 Å². The quantitative estimate of drug-likeness (QED) is 0.637. The lowest BCUT2D eigenvalue weighted by Gasteiger charge is -2.26. The Labute approximate surface area is 85.2 Å². The molecule has 0 aromatic rings. The summed E-state index contributed by atoms with van der Waals surface area (Å²) in [5.41, 5.74) is -0.743. The Balaban J connectivity index is 3.83. The average molecular weight is 204 g/mol. The smallest absolute Gasteiger partial charge is 0.309 e. The molecular weight excluding hydrogens is 184 g/mol. The van der Waals surface area contributed by atoms with Crippen molar-refractivity contribution < 1.29 is 19.4 Å². The Bertz CT molecular complexity index is 177. The average Bonchev–Trinajstić information content (AvgIpc) is 2.11. The monoisotopic (exact) mass is 204 g/mol. The van der Waals surface area contributed by atoms with E-state index >= 15 is 0 Å². The molecule has 0 aromatic heterocycles. The molecule has 0 heterocycles. The Hall–Kier alpha value is -0.610. The van der Waals surface area contributed by atoms with Crippen molar-refractivity contribution in [2.24, 2.45) is 11.3 Å². The normalized spacial score (nSPS) is 14.0. The van der Waals surface area contributed by atoms with Crippen molar-refractivity contribution in [3.63, 3.8) is 0 Å². The van der Waals surface area contributed by atoms with Crippen LogP contribution in [0.25, 0.3) is 0 Å². The van der Waals surface area contributed by atoms with Gasteiger partial charge >= 0.3 is 5.97 Å². The van der Waals surface area contributed by atoms with Crippen molar-refractivity contribution in [3.8, 4) is 0 Å². The minimum atomic E-state index is -0.791. The maximum Gasteiger partial charge on any atom is 0.309 e. The van der Waals surface area contributed by atoms with Crippen LogP contribution in [-0.2, 0) is 14.3 Å². The molecule has 0 aliphatic heterocycles. The fraction of sp³-hybridized carbons (Fsp3) is 0.900. The van der Waals surface area contributed by atoms with Crippen LogP contribution in [0.5, 0.6) is 0 Å². The highest BCUT2D eigenvalue weighted by Gasteiger charge is 2.33. The number of carboxylic acid groups (broad SMARTS) is 1. The van der Waals surface area contributed by atoms with Gasteiger partial charge in [-0.05, 0) is 19.8 Å². The second-order valence-corrected chi connectivity index (χ2v) is 4.00. The molecule has 1 unspecified atom stereocenters. The molecule has 4 heteroatoms. The van der Waals surface area contributed by atoms with E-state index in [9.17, 15) is 4.79 Å². The molecule has 0 amide bonds. The minimum Gasteiger partial charge on any atom is -0.481 e. The molecule has 4 nitrogen and oxygen atoms in total. The predicted octanol–water partition coefficient (Wildman–Crippen LogP) is 1.40. The van der Waals surface area contributed by atoms with Gasteiger partial charge in [-0.15, -0.1) is 0 Å². The lowest BCUT2D eigenvalue weighted by atomic mass is 9.80. The van der Waals surface area contributed by atoms with Crippen molar-refractivity contribution in [3.05, 3.63) is 0 Å². The van der Waals surface area contributed by atoms with Crippen LogP contribution < -0.4 is 0 Å². The van der Waals surface area contributed by atoms with Crippen LogP contribution in [0.2, 0.25) is 0 Å². The summed E-state index contributed by atoms with van der Waals surface area (Å²) in [6.07, 6.45) is 0. The first-order valence-electron chi connectivity index (χ1n) is 4.73. The van der Waals surface area contributed by atoms with Gasteiger partial charge in [0, 0.05) is 7.11 Å². The molecule has 0 aliphatic rings. The standard InChI is InChI=1S/C10H20O4/c1-8(7-14-6-5-13-4)10(2,3)9(11)12/h8H,5-7H2,1-4H3,(H,11,12). The zero-order valence-electron chi connectivity index (χ0n) is 9.37. The fourth-order valence-electron chi connectivity index (χ4n) is 0.821. The van der Waals surface area contributed by atoms with E-state index in [0.717, 1.165) is 0 Å². The molecule has 1 atom stereocenters. The van der Waals surface area contributed by atoms with Gasteiger partial charge in [0.25, 0.3) is 0 Å². The number of carbonyl (C=O) groups is 1. The van der Waals surface area contributed by atoms with E-state index in [1.807, 2.05) is 6.92 Å². The lowest BCUT2D eigenvalue weighted by molar-refractivity contribution is -0.151. The summed E-state index contributed by atoms with van der Waals surface area (Å²) in [6.45, 7) is 6.79. The van der Waals surface area contributed by atoms with Gasteiger partial charge in [-0.2, -0.15) is 0 Å². The summed E-state index contributed by atoms with van der Waals surface area (Å²) in [4.78, 5) is 10.9. The van der Waals surface area contributed by atoms with Crippen molar-refractivity contribution in [1.29, 1.82) is 0 Å². The minimum absolute atomic E-state index is 0.0168. The van der Waals surface area contributed by atoms with Crippen LogP contribution in [-0.4, -0.2) is 38.0 Å². The number of aliphatic carboxylic acids is 1. The van der Waals surface area contributed by atoms with E-state index in [4.69, 9.17) is 14.6 Å². The van der Waals surface area contributed by atoms with Crippen LogP contribution in [0.4, 0.5) is 0 Å². The van der Waals surface area contributed by atoms with Gasteiger partial charge in [-0.3, -0.25) is 4.79 Å². The third-order valence-electron chi connectivity index (χ3n) is 2.58. The van der Waals surface area contributed by atoms with Crippen LogP contribution in [0.1, 0.15) is 20.8 Å². The molecule has 1 N–H and O–H groups in total. The van der Waals surface area contributed by atoms with E-state index in [2.05, 4.69) is 0 Å². The van der Waals surface area contributed by atoms with Gasteiger partial charge in [-0.1, -0.05) is 6.92 Å². The van der Waals surface area contributed by atoms with E-state index < -0.39 is 11.4 Å². The van der Waals surface area contributed by atoms with Gasteiger partial charge in [0.05, 0.1) is 25.2 Å². The number of methoxy groups -OCH3 is 1. The first kappa shape index (κ1) is 13.4. The lowest BCUT2D eigenvalue weighted by Crippen LogP contribution is -2.34. The number of carboxylic acids is 1. The van der Waals surface area contributed by atoms with Crippen LogP contribution >= 0.6 is 0 Å². The molecule has 0 saturated heterocycles. The first-order chi connectivity index (χ1) is 6.42. The summed E-state index contributed by atoms with van der Waals surface area (Å²) in [5.74, 6) is -0.808. The van der Waals surface area contributed by atoms with Gasteiger partial charge in [0.15, 0.2) is 0 Å². The van der Waals surface area contributed by atoms with E-state index in [0.29, 0.717) is 19.8 Å². The predicted molar refractivity (Wildman–Crippen MR) is 53.3 cm³/mol. The van der Waals surface area contributed by atoms with Crippen LogP contribution in [0.15, 0.2) is 0 Å². The van der Waals surface area contributed by atoms with Gasteiger partial charge in [0.2, 0.25) is 0 Å². The molecule has 0 aromatic carbocycles. The maximum atomic E-state index is 10.9. The largest absolute Gasteiger partial charge is 0.481 e. The molecule has 0 radical (unpaired) electrons. The Morgan fingerprint density at radius 3 is 2.43 bits per heavy atom. The molecule has 0 bridgehead atoms. The molecule has 0 aliphatic carbocycles. The van der Waals surface area contributed by atoms with Crippen molar-refractivity contribution in [1.82, 2.24) is 0 Å².